The molecule has 2 N–H and O–H groups in total. The molecule has 0 aliphatic carbocycles. The first-order valence-corrected chi connectivity index (χ1v) is 4.34. The normalized spacial score (nSPS) is 10.6. The lowest BCUT2D eigenvalue weighted by atomic mass is 10.1. The average molecular weight is 173 g/mol. The van der Waals surface area contributed by atoms with Crippen molar-refractivity contribution in [3.05, 3.63) is 41.7 Å². The highest BCUT2D eigenvalue weighted by molar-refractivity contribution is 5.52. The third kappa shape index (κ3) is 1.35. The molecule has 0 aromatic carbocycles. The molecule has 0 fully saturated rings. The Kier molecular flexibility index (Phi) is 1.69. The largest absolute Gasteiger partial charge is 0.398 e. The number of rotatable bonds is 0. The van der Waals surface area contributed by atoms with Gasteiger partial charge in [0.1, 0.15) is 0 Å². The zero-order valence-corrected chi connectivity index (χ0v) is 7.91. The van der Waals surface area contributed by atoms with Crippen LogP contribution < -0.4 is 10.1 Å². The second kappa shape index (κ2) is 2.73. The van der Waals surface area contributed by atoms with Gasteiger partial charge in [0.15, 0.2) is 12.4 Å². The smallest absolute Gasteiger partial charge is 0.212 e. The Balaban J connectivity index is 2.81. The first-order valence-electron chi connectivity index (χ1n) is 4.34. The van der Waals surface area contributed by atoms with Gasteiger partial charge >= 0.3 is 0 Å². The van der Waals surface area contributed by atoms with Crippen LogP contribution in [0, 0.1) is 13.8 Å². The van der Waals surface area contributed by atoms with E-state index in [2.05, 4.69) is 30.5 Å². The van der Waals surface area contributed by atoms with Crippen molar-refractivity contribution >= 4 is 11.2 Å². The molecule has 2 aromatic heterocycles. The minimum absolute atomic E-state index is 0.809. The summed E-state index contributed by atoms with van der Waals surface area (Å²) < 4.78 is 2.08. The first kappa shape index (κ1) is 8.05. The Labute approximate surface area is 77.6 Å². The molecule has 0 radical (unpaired) electrons. The summed E-state index contributed by atoms with van der Waals surface area (Å²) in [5.74, 6) is 0. The van der Waals surface area contributed by atoms with Gasteiger partial charge in [-0.2, -0.15) is 4.40 Å². The van der Waals surface area contributed by atoms with E-state index in [4.69, 9.17) is 5.73 Å². The van der Waals surface area contributed by atoms with Gasteiger partial charge in [-0.25, -0.2) is 0 Å². The van der Waals surface area contributed by atoms with Gasteiger partial charge in [0.2, 0.25) is 5.52 Å². The van der Waals surface area contributed by atoms with E-state index in [9.17, 15) is 0 Å². The summed E-state index contributed by atoms with van der Waals surface area (Å²) in [6.07, 6.45) is 4.10. The van der Waals surface area contributed by atoms with Crippen LogP contribution in [0.2, 0.25) is 0 Å². The Morgan fingerprint density at radius 2 is 1.92 bits per heavy atom. The SMILES string of the molecule is Cc1cc2cc(N)cc[n+]2cc1C. The van der Waals surface area contributed by atoms with E-state index in [0.29, 0.717) is 0 Å². The molecule has 13 heavy (non-hydrogen) atoms. The number of anilines is 1. The monoisotopic (exact) mass is 173 g/mol. The van der Waals surface area contributed by atoms with Gasteiger partial charge in [0, 0.05) is 29.4 Å². The highest BCUT2D eigenvalue weighted by Gasteiger charge is 2.04. The van der Waals surface area contributed by atoms with Crippen LogP contribution in [-0.2, 0) is 0 Å². The molecule has 0 amide bonds. The average Bonchev–Trinajstić information content (AvgIpc) is 2.08. The summed E-state index contributed by atoms with van der Waals surface area (Å²) in [5.41, 5.74) is 10.2. The van der Waals surface area contributed by atoms with Crippen molar-refractivity contribution in [3.63, 3.8) is 0 Å². The Bertz CT molecular complexity index is 461. The van der Waals surface area contributed by atoms with Crippen molar-refractivity contribution < 1.29 is 4.40 Å². The van der Waals surface area contributed by atoms with Crippen LogP contribution >= 0.6 is 0 Å². The van der Waals surface area contributed by atoms with Crippen LogP contribution in [0.15, 0.2) is 30.6 Å². The van der Waals surface area contributed by atoms with Crippen LogP contribution in [-0.4, -0.2) is 0 Å². The molecule has 2 aromatic rings. The van der Waals surface area contributed by atoms with Crippen LogP contribution in [0.4, 0.5) is 5.69 Å². The maximum Gasteiger partial charge on any atom is 0.212 e. The van der Waals surface area contributed by atoms with E-state index in [0.717, 1.165) is 11.2 Å². The number of nitrogens with zero attached hydrogens (tertiary/aromatic N) is 1. The van der Waals surface area contributed by atoms with E-state index >= 15 is 0 Å². The fraction of sp³-hybridized carbons (Fsp3) is 0.182. The molecule has 0 saturated carbocycles. The summed E-state index contributed by atoms with van der Waals surface area (Å²) in [6.45, 7) is 4.22. The zero-order valence-electron chi connectivity index (χ0n) is 7.91. The van der Waals surface area contributed by atoms with E-state index in [1.54, 1.807) is 0 Å². The van der Waals surface area contributed by atoms with Crippen LogP contribution in [0.3, 0.4) is 0 Å². The molecule has 2 heteroatoms. The Morgan fingerprint density at radius 1 is 1.15 bits per heavy atom. The van der Waals surface area contributed by atoms with E-state index in [-0.39, 0.29) is 0 Å². The molecule has 0 unspecified atom stereocenters. The minimum atomic E-state index is 0.809. The maximum absolute atomic E-state index is 5.70. The number of pyridine rings is 2. The van der Waals surface area contributed by atoms with Crippen molar-refractivity contribution in [2.24, 2.45) is 0 Å². The van der Waals surface area contributed by atoms with Crippen molar-refractivity contribution in [2.45, 2.75) is 13.8 Å². The molecule has 2 heterocycles. The third-order valence-corrected chi connectivity index (χ3v) is 2.36. The zero-order chi connectivity index (χ0) is 9.42. The standard InChI is InChI=1S/C11H12N2/c1-8-5-11-6-10(12)3-4-13(11)7-9(8)2/h3-7,12H,1-2H3/p+1. The second-order valence-corrected chi connectivity index (χ2v) is 3.43. The van der Waals surface area contributed by atoms with Gasteiger partial charge in [-0.05, 0) is 19.4 Å². The summed E-state index contributed by atoms with van der Waals surface area (Å²) in [4.78, 5) is 0. The van der Waals surface area contributed by atoms with Gasteiger partial charge in [-0.3, -0.25) is 0 Å². The van der Waals surface area contributed by atoms with Crippen molar-refractivity contribution in [1.29, 1.82) is 0 Å². The molecule has 2 rings (SSSR count). The number of aryl methyl sites for hydroxylation is 2. The lowest BCUT2D eigenvalue weighted by molar-refractivity contribution is -0.512. The minimum Gasteiger partial charge on any atom is -0.398 e. The second-order valence-electron chi connectivity index (χ2n) is 3.43. The van der Waals surface area contributed by atoms with Crippen molar-refractivity contribution in [1.82, 2.24) is 0 Å². The van der Waals surface area contributed by atoms with Gasteiger partial charge in [0.25, 0.3) is 0 Å². The summed E-state index contributed by atoms with van der Waals surface area (Å²) in [5, 5.41) is 0. The number of hydrogen-bond donors (Lipinski definition) is 1. The van der Waals surface area contributed by atoms with Gasteiger partial charge in [0.05, 0.1) is 0 Å². The summed E-state index contributed by atoms with van der Waals surface area (Å²) in [7, 11) is 0. The fourth-order valence-corrected chi connectivity index (χ4v) is 1.43. The van der Waals surface area contributed by atoms with Gasteiger partial charge in [-0.15, -0.1) is 0 Å². The number of fused-ring (bicyclic) bond motifs is 1. The molecule has 2 nitrogen and oxygen atoms in total. The van der Waals surface area contributed by atoms with Crippen molar-refractivity contribution in [3.8, 4) is 0 Å². The maximum atomic E-state index is 5.70. The quantitative estimate of drug-likeness (QED) is 0.603. The topological polar surface area (TPSA) is 30.1 Å². The molecule has 0 saturated heterocycles. The third-order valence-electron chi connectivity index (χ3n) is 2.36. The lowest BCUT2D eigenvalue weighted by Gasteiger charge is -1.98. The molecule has 0 bridgehead atoms. The molecule has 0 aliphatic rings. The summed E-state index contributed by atoms with van der Waals surface area (Å²) >= 11 is 0. The Morgan fingerprint density at radius 3 is 2.69 bits per heavy atom. The number of nitrogens with two attached hydrogens (primary N) is 1. The van der Waals surface area contributed by atoms with Crippen LogP contribution in [0.25, 0.3) is 5.52 Å². The van der Waals surface area contributed by atoms with E-state index < -0.39 is 0 Å². The molecular formula is C11H13N2+. The highest BCUT2D eigenvalue weighted by atomic mass is 14.8. The molecule has 0 aliphatic heterocycles. The van der Waals surface area contributed by atoms with E-state index in [1.807, 2.05) is 18.3 Å². The predicted octanol–water partition coefficient (Wildman–Crippen LogP) is 1.62. The first-order chi connectivity index (χ1) is 6.16. The molecular weight excluding hydrogens is 160 g/mol. The fourth-order valence-electron chi connectivity index (χ4n) is 1.43. The van der Waals surface area contributed by atoms with Crippen molar-refractivity contribution in [2.75, 3.05) is 5.73 Å². The Hall–Kier alpha value is -1.57. The number of aromatic nitrogens is 1. The predicted molar refractivity (Wildman–Crippen MR) is 53.5 cm³/mol. The van der Waals surface area contributed by atoms with Gasteiger partial charge < -0.3 is 5.73 Å². The van der Waals surface area contributed by atoms with Crippen LogP contribution in [0.5, 0.6) is 0 Å². The number of hydrogen-bond acceptors (Lipinski definition) is 1. The summed E-state index contributed by atoms with van der Waals surface area (Å²) in [6, 6.07) is 6.03. The lowest BCUT2D eigenvalue weighted by Crippen LogP contribution is -2.21. The molecule has 66 valence electrons. The van der Waals surface area contributed by atoms with Gasteiger partial charge in [-0.1, -0.05) is 0 Å². The van der Waals surface area contributed by atoms with E-state index in [1.165, 1.54) is 11.1 Å². The molecule has 0 atom stereocenters. The molecule has 0 spiro atoms. The highest BCUT2D eigenvalue weighted by Crippen LogP contribution is 2.08. The number of nitrogen functional groups attached to an aromatic ring is 1. The van der Waals surface area contributed by atoms with Crippen LogP contribution in [0.1, 0.15) is 11.1 Å².